The summed E-state index contributed by atoms with van der Waals surface area (Å²) in [6, 6.07) is 1.66. The molecule has 0 heterocycles. The van der Waals surface area contributed by atoms with Crippen molar-refractivity contribution in [3.8, 4) is 11.5 Å². The van der Waals surface area contributed by atoms with E-state index >= 15 is 0 Å². The number of hydrogen-bond donors (Lipinski definition) is 1. The lowest BCUT2D eigenvalue weighted by Crippen LogP contribution is -2.06. The molecule has 0 aliphatic rings. The van der Waals surface area contributed by atoms with E-state index in [4.69, 9.17) is 9.47 Å². The Morgan fingerprint density at radius 2 is 2.00 bits per heavy atom. The Morgan fingerprint density at radius 3 is 2.41 bits per heavy atom. The van der Waals surface area contributed by atoms with Crippen LogP contribution < -0.4 is 9.47 Å². The van der Waals surface area contributed by atoms with Gasteiger partial charge >= 0.3 is 0 Å². The third-order valence-electron chi connectivity index (χ3n) is 2.55. The summed E-state index contributed by atoms with van der Waals surface area (Å²) in [7, 11) is 2.98. The maximum Gasteiger partial charge on any atom is 0.171 e. The summed E-state index contributed by atoms with van der Waals surface area (Å²) in [5, 5.41) is 9.24. The van der Waals surface area contributed by atoms with E-state index in [0.717, 1.165) is 10.0 Å². The fraction of sp³-hybridized carbons (Fsp3) is 0.417. The molecule has 0 aliphatic heterocycles. The Labute approximate surface area is 109 Å². The number of ether oxygens (including phenoxy) is 2. The Hall–Kier alpha value is -1.07. The highest BCUT2D eigenvalue weighted by Crippen LogP contribution is 2.42. The van der Waals surface area contributed by atoms with E-state index in [9.17, 15) is 9.90 Å². The molecule has 17 heavy (non-hydrogen) atoms. The molecule has 0 saturated heterocycles. The topological polar surface area (TPSA) is 55.8 Å². The number of rotatable bonds is 5. The number of aliphatic hydroxyl groups excluding tert-OH is 1. The van der Waals surface area contributed by atoms with Gasteiger partial charge in [0, 0.05) is 22.6 Å². The number of aldehydes is 1. The molecule has 1 aromatic rings. The third kappa shape index (κ3) is 2.61. The summed E-state index contributed by atoms with van der Waals surface area (Å²) >= 11 is 3.38. The molecular weight excluding hydrogens is 288 g/mol. The summed E-state index contributed by atoms with van der Waals surface area (Å²) in [5.74, 6) is 0.750. The quantitative estimate of drug-likeness (QED) is 0.849. The maximum absolute atomic E-state index is 11.0. The van der Waals surface area contributed by atoms with Crippen LogP contribution in [-0.2, 0) is 0 Å². The number of hydrogen-bond acceptors (Lipinski definition) is 4. The zero-order chi connectivity index (χ0) is 13.0. The normalized spacial score (nSPS) is 12.1. The summed E-state index contributed by atoms with van der Waals surface area (Å²) in [5.41, 5.74) is 1.20. The van der Waals surface area contributed by atoms with Crippen LogP contribution in [0.1, 0.15) is 28.8 Å². The lowest BCUT2D eigenvalue weighted by atomic mass is 9.98. The lowest BCUT2D eigenvalue weighted by Gasteiger charge is -2.19. The SMILES string of the molecule is COc1c(C=O)cc(Br)c(C(C)CO)c1OC. The summed E-state index contributed by atoms with van der Waals surface area (Å²) in [6.07, 6.45) is 0.708. The molecule has 1 rings (SSSR count). The van der Waals surface area contributed by atoms with Crippen molar-refractivity contribution >= 4 is 22.2 Å². The van der Waals surface area contributed by atoms with Gasteiger partial charge < -0.3 is 14.6 Å². The van der Waals surface area contributed by atoms with Crippen molar-refractivity contribution in [1.29, 1.82) is 0 Å². The van der Waals surface area contributed by atoms with Crippen LogP contribution in [0.3, 0.4) is 0 Å². The highest BCUT2D eigenvalue weighted by Gasteiger charge is 2.22. The first kappa shape index (κ1) is 14.0. The lowest BCUT2D eigenvalue weighted by molar-refractivity contribution is 0.112. The van der Waals surface area contributed by atoms with Gasteiger partial charge in [-0.25, -0.2) is 0 Å². The highest BCUT2D eigenvalue weighted by molar-refractivity contribution is 9.10. The average molecular weight is 303 g/mol. The standard InChI is InChI=1S/C12H15BrO4/c1-7(5-14)10-9(13)4-8(6-15)11(16-2)12(10)17-3/h4,6-7,14H,5H2,1-3H3. The predicted octanol–water partition coefficient (Wildman–Crippen LogP) is 2.37. The van der Waals surface area contributed by atoms with E-state index in [1.807, 2.05) is 6.92 Å². The molecule has 0 radical (unpaired) electrons. The van der Waals surface area contributed by atoms with Gasteiger partial charge in [-0.05, 0) is 6.07 Å². The van der Waals surface area contributed by atoms with E-state index in [2.05, 4.69) is 15.9 Å². The molecule has 4 nitrogen and oxygen atoms in total. The van der Waals surface area contributed by atoms with Gasteiger partial charge in [0.2, 0.25) is 0 Å². The second kappa shape index (κ2) is 6.02. The van der Waals surface area contributed by atoms with Crippen LogP contribution in [0.4, 0.5) is 0 Å². The van der Waals surface area contributed by atoms with Crippen molar-refractivity contribution in [2.75, 3.05) is 20.8 Å². The minimum Gasteiger partial charge on any atom is -0.492 e. The molecule has 1 atom stereocenters. The van der Waals surface area contributed by atoms with E-state index in [0.29, 0.717) is 23.3 Å². The summed E-state index contributed by atoms with van der Waals surface area (Å²) in [4.78, 5) is 11.0. The van der Waals surface area contributed by atoms with Gasteiger partial charge in [-0.3, -0.25) is 4.79 Å². The third-order valence-corrected chi connectivity index (χ3v) is 3.21. The smallest absolute Gasteiger partial charge is 0.171 e. The fourth-order valence-corrected chi connectivity index (χ4v) is 2.51. The van der Waals surface area contributed by atoms with Crippen molar-refractivity contribution < 1.29 is 19.4 Å². The molecular formula is C12H15BrO4. The van der Waals surface area contributed by atoms with Crippen molar-refractivity contribution in [2.24, 2.45) is 0 Å². The minimum atomic E-state index is -0.117. The zero-order valence-electron chi connectivity index (χ0n) is 9.99. The van der Waals surface area contributed by atoms with Crippen LogP contribution in [0, 0.1) is 0 Å². The Morgan fingerprint density at radius 1 is 1.41 bits per heavy atom. The Balaban J connectivity index is 3.54. The number of aliphatic hydroxyl groups is 1. The second-order valence-corrected chi connectivity index (χ2v) is 4.48. The molecule has 0 bridgehead atoms. The number of carbonyl (C=O) groups excluding carboxylic acids is 1. The molecule has 5 heteroatoms. The van der Waals surface area contributed by atoms with Crippen molar-refractivity contribution in [2.45, 2.75) is 12.8 Å². The first-order chi connectivity index (χ1) is 8.10. The van der Waals surface area contributed by atoms with E-state index in [1.165, 1.54) is 14.2 Å². The van der Waals surface area contributed by atoms with Crippen LogP contribution >= 0.6 is 15.9 Å². The molecule has 0 amide bonds. The van der Waals surface area contributed by atoms with Crippen molar-refractivity contribution in [3.05, 3.63) is 21.7 Å². The fourth-order valence-electron chi connectivity index (χ4n) is 1.69. The van der Waals surface area contributed by atoms with E-state index in [1.54, 1.807) is 6.07 Å². The van der Waals surface area contributed by atoms with Gasteiger partial charge in [0.25, 0.3) is 0 Å². The van der Waals surface area contributed by atoms with Crippen LogP contribution in [0.5, 0.6) is 11.5 Å². The molecule has 1 N–H and O–H groups in total. The van der Waals surface area contributed by atoms with Gasteiger partial charge in [0.1, 0.15) is 0 Å². The molecule has 0 saturated carbocycles. The molecule has 0 aromatic heterocycles. The van der Waals surface area contributed by atoms with E-state index < -0.39 is 0 Å². The molecule has 0 aliphatic carbocycles. The van der Waals surface area contributed by atoms with Gasteiger partial charge in [-0.1, -0.05) is 22.9 Å². The van der Waals surface area contributed by atoms with Crippen LogP contribution in [0.2, 0.25) is 0 Å². The van der Waals surface area contributed by atoms with Gasteiger partial charge in [-0.15, -0.1) is 0 Å². The molecule has 0 fully saturated rings. The van der Waals surface area contributed by atoms with Crippen LogP contribution in [0.25, 0.3) is 0 Å². The van der Waals surface area contributed by atoms with Gasteiger partial charge in [0.05, 0.1) is 19.8 Å². The van der Waals surface area contributed by atoms with Crippen molar-refractivity contribution in [3.63, 3.8) is 0 Å². The minimum absolute atomic E-state index is 0.0153. The molecule has 1 unspecified atom stereocenters. The van der Waals surface area contributed by atoms with E-state index in [-0.39, 0.29) is 12.5 Å². The highest BCUT2D eigenvalue weighted by atomic mass is 79.9. The number of carbonyl (C=O) groups is 1. The monoisotopic (exact) mass is 302 g/mol. The molecule has 94 valence electrons. The van der Waals surface area contributed by atoms with Gasteiger partial charge in [-0.2, -0.15) is 0 Å². The average Bonchev–Trinajstić information content (AvgIpc) is 2.36. The predicted molar refractivity (Wildman–Crippen MR) is 68.1 cm³/mol. The summed E-state index contributed by atoms with van der Waals surface area (Å²) in [6.45, 7) is 1.85. The van der Waals surface area contributed by atoms with Gasteiger partial charge in [0.15, 0.2) is 17.8 Å². The number of halogens is 1. The number of benzene rings is 1. The molecule has 1 aromatic carbocycles. The van der Waals surface area contributed by atoms with Crippen LogP contribution in [-0.4, -0.2) is 32.2 Å². The summed E-state index contributed by atoms with van der Waals surface area (Å²) < 4.78 is 11.2. The Bertz CT molecular complexity index is 417. The first-order valence-electron chi connectivity index (χ1n) is 5.11. The van der Waals surface area contributed by atoms with Crippen molar-refractivity contribution in [1.82, 2.24) is 0 Å². The molecule has 0 spiro atoms. The Kier molecular flexibility index (Phi) is 4.96. The largest absolute Gasteiger partial charge is 0.492 e. The second-order valence-electron chi connectivity index (χ2n) is 3.63. The van der Waals surface area contributed by atoms with Crippen LogP contribution in [0.15, 0.2) is 10.5 Å². The maximum atomic E-state index is 11.0. The zero-order valence-corrected chi connectivity index (χ0v) is 11.6. The number of methoxy groups -OCH3 is 2. The first-order valence-corrected chi connectivity index (χ1v) is 5.90.